The molecule has 0 aliphatic heterocycles. The molecule has 0 heterocycles. The van der Waals surface area contributed by atoms with Gasteiger partial charge >= 0.3 is 0 Å². The van der Waals surface area contributed by atoms with Gasteiger partial charge < -0.3 is 14.2 Å². The van der Waals surface area contributed by atoms with Gasteiger partial charge in [-0.1, -0.05) is 42.5 Å². The van der Waals surface area contributed by atoms with E-state index in [1.54, 1.807) is 21.3 Å². The summed E-state index contributed by atoms with van der Waals surface area (Å²) in [5.74, 6) is 1.92. The van der Waals surface area contributed by atoms with Crippen molar-refractivity contribution in [3.8, 4) is 17.2 Å². The Labute approximate surface area is 119 Å². The largest absolute Gasteiger partial charge is 0.493 e. The van der Waals surface area contributed by atoms with Gasteiger partial charge in [-0.05, 0) is 17.7 Å². The van der Waals surface area contributed by atoms with Crippen LogP contribution in [0.2, 0.25) is 0 Å². The zero-order valence-electron chi connectivity index (χ0n) is 11.9. The topological polar surface area (TPSA) is 27.7 Å². The third-order valence-corrected chi connectivity index (χ3v) is 2.99. The maximum atomic E-state index is 5.44. The second kappa shape index (κ2) is 6.66. The average molecular weight is 270 g/mol. The Balaban J connectivity index is 2.39. The van der Waals surface area contributed by atoms with Crippen LogP contribution in [-0.4, -0.2) is 21.3 Å². The van der Waals surface area contributed by atoms with Crippen LogP contribution in [0.5, 0.6) is 17.2 Å². The second-order valence-corrected chi connectivity index (χ2v) is 4.17. The number of hydrogen-bond acceptors (Lipinski definition) is 3. The molecule has 0 amide bonds. The van der Waals surface area contributed by atoms with Crippen molar-refractivity contribution in [1.82, 2.24) is 0 Å². The van der Waals surface area contributed by atoms with Crippen LogP contribution >= 0.6 is 0 Å². The Bertz CT molecular complexity index is 589. The maximum Gasteiger partial charge on any atom is 0.203 e. The molecule has 2 aromatic carbocycles. The van der Waals surface area contributed by atoms with Crippen molar-refractivity contribution >= 4 is 12.2 Å². The van der Waals surface area contributed by atoms with E-state index < -0.39 is 0 Å². The van der Waals surface area contributed by atoms with Gasteiger partial charge in [0, 0.05) is 5.56 Å². The summed E-state index contributed by atoms with van der Waals surface area (Å²) < 4.78 is 16.1. The predicted octanol–water partition coefficient (Wildman–Crippen LogP) is 3.88. The molecule has 0 spiro atoms. The highest BCUT2D eigenvalue weighted by molar-refractivity contribution is 5.75. The lowest BCUT2D eigenvalue weighted by Crippen LogP contribution is -1.96. The fourth-order valence-electron chi connectivity index (χ4n) is 2.01. The molecule has 0 aliphatic carbocycles. The minimum Gasteiger partial charge on any atom is -0.493 e. The first kappa shape index (κ1) is 14.0. The highest BCUT2D eigenvalue weighted by Gasteiger charge is 2.13. The van der Waals surface area contributed by atoms with Gasteiger partial charge in [0.15, 0.2) is 11.5 Å². The molecular formula is C17H18O3. The summed E-state index contributed by atoms with van der Waals surface area (Å²) in [4.78, 5) is 0. The van der Waals surface area contributed by atoms with E-state index in [1.165, 1.54) is 0 Å². The van der Waals surface area contributed by atoms with E-state index >= 15 is 0 Å². The van der Waals surface area contributed by atoms with Gasteiger partial charge in [-0.25, -0.2) is 0 Å². The molecule has 0 radical (unpaired) electrons. The van der Waals surface area contributed by atoms with E-state index in [-0.39, 0.29) is 0 Å². The lowest BCUT2D eigenvalue weighted by atomic mass is 10.1. The second-order valence-electron chi connectivity index (χ2n) is 4.17. The van der Waals surface area contributed by atoms with Gasteiger partial charge in [-0.15, -0.1) is 0 Å². The molecule has 2 rings (SSSR count). The van der Waals surface area contributed by atoms with Crippen molar-refractivity contribution in [1.29, 1.82) is 0 Å². The molecular weight excluding hydrogens is 252 g/mol. The molecule has 3 heteroatoms. The van der Waals surface area contributed by atoms with Crippen molar-refractivity contribution < 1.29 is 14.2 Å². The highest BCUT2D eigenvalue weighted by Crippen LogP contribution is 2.40. The van der Waals surface area contributed by atoms with E-state index in [0.717, 1.165) is 11.1 Å². The van der Waals surface area contributed by atoms with Crippen molar-refractivity contribution in [3.63, 3.8) is 0 Å². The summed E-state index contributed by atoms with van der Waals surface area (Å²) in [5, 5.41) is 0. The number of hydrogen-bond donors (Lipinski definition) is 0. The van der Waals surface area contributed by atoms with Crippen molar-refractivity contribution in [2.45, 2.75) is 0 Å². The molecule has 0 aliphatic rings. The third kappa shape index (κ3) is 2.94. The molecule has 2 aromatic rings. The molecule has 0 saturated heterocycles. The maximum absolute atomic E-state index is 5.44. The fourth-order valence-corrected chi connectivity index (χ4v) is 2.01. The molecule has 0 aromatic heterocycles. The molecule has 0 atom stereocenters. The minimum absolute atomic E-state index is 0.602. The molecule has 20 heavy (non-hydrogen) atoms. The molecule has 0 saturated carbocycles. The Morgan fingerprint density at radius 2 is 1.40 bits per heavy atom. The number of benzene rings is 2. The molecule has 0 N–H and O–H groups in total. The van der Waals surface area contributed by atoms with Crippen LogP contribution in [0.4, 0.5) is 0 Å². The third-order valence-electron chi connectivity index (χ3n) is 2.99. The van der Waals surface area contributed by atoms with Crippen LogP contribution < -0.4 is 14.2 Å². The van der Waals surface area contributed by atoms with Gasteiger partial charge in [0.1, 0.15) is 0 Å². The first-order valence-corrected chi connectivity index (χ1v) is 6.32. The van der Waals surface area contributed by atoms with Crippen LogP contribution in [0.15, 0.2) is 42.5 Å². The summed E-state index contributed by atoms with van der Waals surface area (Å²) in [7, 11) is 4.83. The first-order chi connectivity index (χ1) is 9.80. The summed E-state index contributed by atoms with van der Waals surface area (Å²) >= 11 is 0. The van der Waals surface area contributed by atoms with Crippen molar-refractivity contribution in [2.24, 2.45) is 0 Å². The van der Waals surface area contributed by atoms with Gasteiger partial charge in [-0.3, -0.25) is 0 Å². The smallest absolute Gasteiger partial charge is 0.203 e. The van der Waals surface area contributed by atoms with E-state index in [4.69, 9.17) is 14.2 Å². The lowest BCUT2D eigenvalue weighted by molar-refractivity contribution is 0.324. The Kier molecular flexibility index (Phi) is 4.66. The van der Waals surface area contributed by atoms with Crippen LogP contribution in [-0.2, 0) is 0 Å². The van der Waals surface area contributed by atoms with Crippen LogP contribution in [0.1, 0.15) is 11.1 Å². The summed E-state index contributed by atoms with van der Waals surface area (Å²) in [6, 6.07) is 13.9. The quantitative estimate of drug-likeness (QED) is 0.772. The van der Waals surface area contributed by atoms with Gasteiger partial charge in [0.2, 0.25) is 5.75 Å². The SMILES string of the molecule is COc1ccc(C=Cc2ccccc2)c(OC)c1OC. The molecule has 104 valence electrons. The van der Waals surface area contributed by atoms with E-state index in [9.17, 15) is 0 Å². The summed E-state index contributed by atoms with van der Waals surface area (Å²) in [6.07, 6.45) is 4.03. The van der Waals surface area contributed by atoms with Crippen molar-refractivity contribution in [2.75, 3.05) is 21.3 Å². The average Bonchev–Trinajstić information content (AvgIpc) is 2.52. The van der Waals surface area contributed by atoms with Crippen LogP contribution in [0.3, 0.4) is 0 Å². The minimum atomic E-state index is 0.602. The van der Waals surface area contributed by atoms with Crippen LogP contribution in [0, 0.1) is 0 Å². The molecule has 0 bridgehead atoms. The first-order valence-electron chi connectivity index (χ1n) is 6.32. The Morgan fingerprint density at radius 3 is 2.00 bits per heavy atom. The lowest BCUT2D eigenvalue weighted by Gasteiger charge is -2.13. The monoisotopic (exact) mass is 270 g/mol. The van der Waals surface area contributed by atoms with E-state index in [0.29, 0.717) is 17.2 Å². The Morgan fingerprint density at radius 1 is 0.700 bits per heavy atom. The van der Waals surface area contributed by atoms with Crippen LogP contribution in [0.25, 0.3) is 12.2 Å². The van der Waals surface area contributed by atoms with Crippen molar-refractivity contribution in [3.05, 3.63) is 53.6 Å². The van der Waals surface area contributed by atoms with Gasteiger partial charge in [0.05, 0.1) is 21.3 Å². The number of rotatable bonds is 5. The van der Waals surface area contributed by atoms with Gasteiger partial charge in [0.25, 0.3) is 0 Å². The molecule has 0 unspecified atom stereocenters. The standard InChI is InChI=1S/C17H18O3/c1-18-15-12-11-14(16(19-2)17(15)20-3)10-9-13-7-5-4-6-8-13/h4-12H,1-3H3. The zero-order chi connectivity index (χ0) is 14.4. The molecule has 0 fully saturated rings. The predicted molar refractivity (Wildman–Crippen MR) is 81.5 cm³/mol. The number of ether oxygens (including phenoxy) is 3. The Hall–Kier alpha value is -2.42. The zero-order valence-corrected chi connectivity index (χ0v) is 11.9. The van der Waals surface area contributed by atoms with E-state index in [1.807, 2.05) is 54.6 Å². The molecule has 3 nitrogen and oxygen atoms in total. The van der Waals surface area contributed by atoms with Gasteiger partial charge in [-0.2, -0.15) is 0 Å². The highest BCUT2D eigenvalue weighted by atomic mass is 16.5. The summed E-state index contributed by atoms with van der Waals surface area (Å²) in [5.41, 5.74) is 2.07. The normalized spacial score (nSPS) is 10.6. The van der Waals surface area contributed by atoms with E-state index in [2.05, 4.69) is 0 Å². The summed E-state index contributed by atoms with van der Waals surface area (Å²) in [6.45, 7) is 0. The number of methoxy groups -OCH3 is 3. The fraction of sp³-hybridized carbons (Fsp3) is 0.176.